The number of imide groups is 1. The van der Waals surface area contributed by atoms with E-state index < -0.39 is 23.8 Å². The molecule has 0 bridgehead atoms. The number of amides is 2. The van der Waals surface area contributed by atoms with Crippen molar-refractivity contribution in [3.05, 3.63) is 82.9 Å². The summed E-state index contributed by atoms with van der Waals surface area (Å²) in [6.07, 6.45) is 0. The summed E-state index contributed by atoms with van der Waals surface area (Å²) in [6.45, 7) is 0. The standard InChI is InChI=1S/C22H15N3O6/c26-19-15-9-17(23-13-5-1-11(2-6-13)21(28)29)18(10-16(15)20(27)25-19)24-14-7-3-12(4-8-14)22(30)31/h1-10,23-24H,(H,28,29)(H,30,31)(H,25,26,27). The number of hydrogen-bond donors (Lipinski definition) is 5. The van der Waals surface area contributed by atoms with Gasteiger partial charge in [0.25, 0.3) is 11.8 Å². The molecular formula is C22H15N3O6. The molecule has 0 saturated heterocycles. The van der Waals surface area contributed by atoms with Gasteiger partial charge in [-0.15, -0.1) is 0 Å². The first-order valence-electron chi connectivity index (χ1n) is 9.06. The van der Waals surface area contributed by atoms with Crippen molar-refractivity contribution in [3.63, 3.8) is 0 Å². The number of anilines is 4. The van der Waals surface area contributed by atoms with Gasteiger partial charge in [-0.25, -0.2) is 9.59 Å². The fraction of sp³-hybridized carbons (Fsp3) is 0. The summed E-state index contributed by atoms with van der Waals surface area (Å²) in [5.74, 6) is -3.12. The zero-order valence-electron chi connectivity index (χ0n) is 15.8. The average molecular weight is 417 g/mol. The zero-order valence-corrected chi connectivity index (χ0v) is 15.8. The number of nitrogens with one attached hydrogen (secondary N) is 3. The first-order valence-corrected chi connectivity index (χ1v) is 9.06. The van der Waals surface area contributed by atoms with Crippen LogP contribution in [0.4, 0.5) is 22.7 Å². The molecule has 1 aliphatic heterocycles. The van der Waals surface area contributed by atoms with Gasteiger partial charge in [-0.2, -0.15) is 0 Å². The monoisotopic (exact) mass is 417 g/mol. The minimum Gasteiger partial charge on any atom is -0.478 e. The molecule has 3 aromatic rings. The van der Waals surface area contributed by atoms with Gasteiger partial charge in [-0.05, 0) is 60.7 Å². The number of carbonyl (C=O) groups is 4. The van der Waals surface area contributed by atoms with E-state index >= 15 is 0 Å². The van der Waals surface area contributed by atoms with Crippen molar-refractivity contribution in [2.75, 3.05) is 10.6 Å². The third kappa shape index (κ3) is 3.92. The largest absolute Gasteiger partial charge is 0.478 e. The molecule has 0 radical (unpaired) electrons. The number of carbonyl (C=O) groups excluding carboxylic acids is 2. The molecule has 4 rings (SSSR count). The second kappa shape index (κ2) is 7.64. The van der Waals surface area contributed by atoms with Crippen molar-refractivity contribution in [2.24, 2.45) is 0 Å². The van der Waals surface area contributed by atoms with Crippen LogP contribution in [0.3, 0.4) is 0 Å². The van der Waals surface area contributed by atoms with Crippen LogP contribution in [-0.2, 0) is 0 Å². The predicted molar refractivity (Wildman–Crippen MR) is 112 cm³/mol. The minimum absolute atomic E-state index is 0.126. The second-order valence-electron chi connectivity index (χ2n) is 6.74. The van der Waals surface area contributed by atoms with Crippen molar-refractivity contribution in [3.8, 4) is 0 Å². The summed E-state index contributed by atoms with van der Waals surface area (Å²) in [4.78, 5) is 46.2. The van der Waals surface area contributed by atoms with Gasteiger partial charge in [-0.3, -0.25) is 14.9 Å². The predicted octanol–water partition coefficient (Wildman–Crippen LogP) is 3.45. The fourth-order valence-electron chi connectivity index (χ4n) is 3.12. The van der Waals surface area contributed by atoms with Crippen LogP contribution >= 0.6 is 0 Å². The van der Waals surface area contributed by atoms with Gasteiger partial charge in [0.05, 0.1) is 33.6 Å². The van der Waals surface area contributed by atoms with E-state index in [0.29, 0.717) is 22.7 Å². The van der Waals surface area contributed by atoms with Gasteiger partial charge in [0.15, 0.2) is 0 Å². The first kappa shape index (κ1) is 19.6. The van der Waals surface area contributed by atoms with Crippen LogP contribution in [0.25, 0.3) is 0 Å². The van der Waals surface area contributed by atoms with Crippen molar-refractivity contribution in [1.29, 1.82) is 0 Å². The maximum atomic E-state index is 12.1. The topological polar surface area (TPSA) is 145 Å². The summed E-state index contributed by atoms with van der Waals surface area (Å²) in [7, 11) is 0. The molecule has 3 aromatic carbocycles. The Labute approximate surface area is 175 Å². The molecule has 154 valence electrons. The van der Waals surface area contributed by atoms with E-state index in [1.807, 2.05) is 0 Å². The Hall–Kier alpha value is -4.66. The lowest BCUT2D eigenvalue weighted by molar-refractivity contribution is 0.0686. The van der Waals surface area contributed by atoms with Crippen LogP contribution in [-0.4, -0.2) is 34.0 Å². The molecule has 0 fully saturated rings. The number of aromatic carboxylic acids is 2. The van der Waals surface area contributed by atoms with Crippen LogP contribution in [0, 0.1) is 0 Å². The summed E-state index contributed by atoms with van der Waals surface area (Å²) in [6, 6.07) is 15.1. The average Bonchev–Trinajstić information content (AvgIpc) is 3.02. The highest BCUT2D eigenvalue weighted by Crippen LogP contribution is 2.33. The van der Waals surface area contributed by atoms with Gasteiger partial charge >= 0.3 is 11.9 Å². The Morgan fingerprint density at radius 3 is 1.32 bits per heavy atom. The molecule has 1 heterocycles. The van der Waals surface area contributed by atoms with Gasteiger partial charge in [-0.1, -0.05) is 0 Å². The molecule has 0 spiro atoms. The lowest BCUT2D eigenvalue weighted by Crippen LogP contribution is -2.19. The highest BCUT2D eigenvalue weighted by molar-refractivity contribution is 6.22. The van der Waals surface area contributed by atoms with Crippen molar-refractivity contribution >= 4 is 46.5 Å². The van der Waals surface area contributed by atoms with Crippen molar-refractivity contribution < 1.29 is 29.4 Å². The van der Waals surface area contributed by atoms with Gasteiger partial charge in [0, 0.05) is 11.4 Å². The number of carboxylic acid groups (broad SMARTS) is 2. The molecule has 1 aliphatic rings. The van der Waals surface area contributed by atoms with E-state index in [-0.39, 0.29) is 22.3 Å². The maximum absolute atomic E-state index is 12.1. The molecule has 0 saturated carbocycles. The number of benzene rings is 3. The Morgan fingerprint density at radius 1 is 0.645 bits per heavy atom. The Morgan fingerprint density at radius 2 is 1.00 bits per heavy atom. The van der Waals surface area contributed by atoms with Crippen molar-refractivity contribution in [1.82, 2.24) is 5.32 Å². The second-order valence-corrected chi connectivity index (χ2v) is 6.74. The van der Waals surface area contributed by atoms with Crippen LogP contribution in [0.2, 0.25) is 0 Å². The van der Waals surface area contributed by atoms with E-state index in [2.05, 4.69) is 16.0 Å². The van der Waals surface area contributed by atoms with Crippen LogP contribution in [0.1, 0.15) is 41.4 Å². The molecule has 2 amide bonds. The van der Waals surface area contributed by atoms with E-state index in [9.17, 15) is 19.2 Å². The number of hydrogen-bond acceptors (Lipinski definition) is 6. The number of rotatable bonds is 6. The molecule has 31 heavy (non-hydrogen) atoms. The summed E-state index contributed by atoms with van der Waals surface area (Å²) in [5, 5.41) is 26.6. The molecule has 0 aromatic heterocycles. The molecule has 0 atom stereocenters. The van der Waals surface area contributed by atoms with E-state index in [1.54, 1.807) is 24.3 Å². The van der Waals surface area contributed by atoms with E-state index in [0.717, 1.165) is 0 Å². The minimum atomic E-state index is -1.05. The first-order chi connectivity index (χ1) is 14.8. The summed E-state index contributed by atoms with van der Waals surface area (Å²) < 4.78 is 0. The molecule has 0 aliphatic carbocycles. The summed E-state index contributed by atoms with van der Waals surface area (Å²) in [5.41, 5.74) is 2.74. The Bertz CT molecular complexity index is 1140. The van der Waals surface area contributed by atoms with Crippen LogP contribution in [0.5, 0.6) is 0 Å². The molecular weight excluding hydrogens is 402 g/mol. The SMILES string of the molecule is O=C(O)c1ccc(Nc2cc3c(cc2Nc2ccc(C(=O)O)cc2)C(=O)NC3=O)cc1. The van der Waals surface area contributed by atoms with Gasteiger partial charge in [0.2, 0.25) is 0 Å². The lowest BCUT2D eigenvalue weighted by Gasteiger charge is -2.16. The highest BCUT2D eigenvalue weighted by atomic mass is 16.4. The van der Waals surface area contributed by atoms with Gasteiger partial charge < -0.3 is 20.8 Å². The number of fused-ring (bicyclic) bond motifs is 1. The molecule has 9 nitrogen and oxygen atoms in total. The van der Waals surface area contributed by atoms with Crippen LogP contribution in [0.15, 0.2) is 60.7 Å². The highest BCUT2D eigenvalue weighted by Gasteiger charge is 2.28. The molecule has 5 N–H and O–H groups in total. The lowest BCUT2D eigenvalue weighted by atomic mass is 10.1. The third-order valence-electron chi connectivity index (χ3n) is 4.70. The van der Waals surface area contributed by atoms with E-state index in [4.69, 9.17) is 10.2 Å². The summed E-state index contributed by atoms with van der Waals surface area (Å²) >= 11 is 0. The Balaban J connectivity index is 1.71. The zero-order chi connectivity index (χ0) is 22.1. The van der Waals surface area contributed by atoms with Gasteiger partial charge in [0.1, 0.15) is 0 Å². The molecule has 0 unspecified atom stereocenters. The maximum Gasteiger partial charge on any atom is 0.335 e. The smallest absolute Gasteiger partial charge is 0.335 e. The Kier molecular flexibility index (Phi) is 4.84. The van der Waals surface area contributed by atoms with Crippen molar-refractivity contribution in [2.45, 2.75) is 0 Å². The van der Waals surface area contributed by atoms with Crippen LogP contribution < -0.4 is 16.0 Å². The normalized spacial score (nSPS) is 12.1. The number of carboxylic acids is 2. The quantitative estimate of drug-likeness (QED) is 0.384. The third-order valence-corrected chi connectivity index (χ3v) is 4.70. The van der Waals surface area contributed by atoms with E-state index in [1.165, 1.54) is 36.4 Å². The fourth-order valence-corrected chi connectivity index (χ4v) is 3.12. The molecule has 9 heteroatoms.